The normalized spacial score (nSPS) is 10.7. The first kappa shape index (κ1) is 52.5. The molecule has 0 bridgehead atoms. The van der Waals surface area contributed by atoms with E-state index in [0.717, 1.165) is 39.3 Å². The quantitative estimate of drug-likeness (QED) is 0.0425. The van der Waals surface area contributed by atoms with Crippen molar-refractivity contribution in [3.05, 3.63) is 0 Å². The smallest absolute Gasteiger partial charge is 0.0739 e. The van der Waals surface area contributed by atoms with E-state index >= 15 is 0 Å². The van der Waals surface area contributed by atoms with E-state index in [9.17, 15) is 0 Å². The lowest BCUT2D eigenvalue weighted by molar-refractivity contribution is -0.434. The minimum absolute atomic E-state index is 1.11. The van der Waals surface area contributed by atoms with Crippen LogP contribution in [0.3, 0.4) is 0 Å². The van der Waals surface area contributed by atoms with Crippen molar-refractivity contribution < 1.29 is 72.9 Å². The fraction of sp³-hybridized carbons (Fsp3) is 1.00. The summed E-state index contributed by atoms with van der Waals surface area (Å²) in [6.45, 7) is 6.66. The summed E-state index contributed by atoms with van der Waals surface area (Å²) in [4.78, 5) is 51.3. The average molecular weight is 671 g/mol. The van der Waals surface area contributed by atoms with E-state index in [-0.39, 0.29) is 0 Å². The molecule has 0 atom stereocenters. The highest BCUT2D eigenvalue weighted by molar-refractivity contribution is 7.40. The molecule has 0 amide bonds. The lowest BCUT2D eigenvalue weighted by Crippen LogP contribution is -2.50. The average Bonchev–Trinajstić information content (AvgIpc) is 2.91. The van der Waals surface area contributed by atoms with Crippen LogP contribution in [0.25, 0.3) is 0 Å². The molecule has 0 heterocycles. The molecule has 0 unspecified atom stereocenters. The van der Waals surface area contributed by atoms with Crippen LogP contribution in [0, 0.1) is 0 Å². The van der Waals surface area contributed by atoms with E-state index in [0.29, 0.717) is 0 Å². The van der Waals surface area contributed by atoms with Gasteiger partial charge in [0.1, 0.15) is 0 Å². The van der Waals surface area contributed by atoms with E-state index in [1.807, 2.05) is 0 Å². The third kappa shape index (κ3) is 117. The van der Waals surface area contributed by atoms with Gasteiger partial charge in [0.25, 0.3) is 0 Å². The van der Waals surface area contributed by atoms with Crippen molar-refractivity contribution in [2.45, 2.75) is 135 Å². The number of quaternary nitrogens is 6. The molecule has 0 radical (unpaired) electrons. The van der Waals surface area contributed by atoms with Crippen molar-refractivity contribution in [2.24, 2.45) is 0 Å². The summed E-state index contributed by atoms with van der Waals surface area (Å²) >= 11 is 0. The van der Waals surface area contributed by atoms with Crippen molar-refractivity contribution in [2.75, 3.05) is 39.3 Å². The summed E-state index contributed by atoms with van der Waals surface area (Å²) in [5.74, 6) is 0. The van der Waals surface area contributed by atoms with Crippen LogP contribution in [0.5, 0.6) is 0 Å². The van der Waals surface area contributed by atoms with Gasteiger partial charge >= 0.3 is 0 Å². The van der Waals surface area contributed by atoms with Crippen molar-refractivity contribution in [3.8, 4) is 0 Å². The molecule has 16 heteroatoms. The van der Waals surface area contributed by atoms with Gasteiger partial charge in [-0.15, -0.1) is 0 Å². The van der Waals surface area contributed by atoms with Gasteiger partial charge in [-0.05, 0) is 77.0 Å². The van der Waals surface area contributed by atoms with Crippen molar-refractivity contribution >= 4 is 15.6 Å². The van der Waals surface area contributed by atoms with Gasteiger partial charge in [0, 0.05) is 0 Å². The second kappa shape index (κ2) is 46.4. The molecular weight excluding hydrogens is 598 g/mol. The maximum atomic E-state index is 8.55. The monoisotopic (exact) mass is 670 g/mol. The Morgan fingerprint density at radius 1 is 0.256 bits per heavy atom. The SMILES string of the molecule is O=P([O-])([O-])[O-].O=P([O-])([O-])[O-].[NH3+]CCCCCCCCC[NH3+].[NH3+]CCCCCCCCC[NH3+].[NH3+]CCCCCCCCC[NH3+]. The molecule has 0 fully saturated rings. The Balaban J connectivity index is -0.000000145. The van der Waals surface area contributed by atoms with Crippen LogP contribution < -0.4 is 63.8 Å². The highest BCUT2D eigenvalue weighted by atomic mass is 31.2. The van der Waals surface area contributed by atoms with E-state index in [2.05, 4.69) is 34.4 Å². The molecule has 268 valence electrons. The lowest BCUT2D eigenvalue weighted by atomic mass is 10.1. The van der Waals surface area contributed by atoms with Crippen LogP contribution in [0.15, 0.2) is 0 Å². The molecule has 43 heavy (non-hydrogen) atoms. The van der Waals surface area contributed by atoms with Crippen molar-refractivity contribution in [1.82, 2.24) is 0 Å². The summed E-state index contributed by atoms with van der Waals surface area (Å²) in [5, 5.41) is 0. The largest absolute Gasteiger partial charge is 0.822 e. The van der Waals surface area contributed by atoms with Gasteiger partial charge in [0.15, 0.2) is 0 Å². The molecule has 14 nitrogen and oxygen atoms in total. The summed E-state index contributed by atoms with van der Waals surface area (Å²) in [7, 11) is -10.8. The first-order valence-corrected chi connectivity index (χ1v) is 19.4. The Labute approximate surface area is 262 Å². The lowest BCUT2D eigenvalue weighted by Gasteiger charge is -2.36. The van der Waals surface area contributed by atoms with Crippen LogP contribution in [-0.4, -0.2) is 39.3 Å². The maximum Gasteiger partial charge on any atom is 0.0739 e. The van der Waals surface area contributed by atoms with Crippen LogP contribution in [0.2, 0.25) is 0 Å². The van der Waals surface area contributed by atoms with E-state index in [1.54, 1.807) is 0 Å². The number of hydrogen-bond donors (Lipinski definition) is 6. The molecule has 0 saturated heterocycles. The van der Waals surface area contributed by atoms with Gasteiger partial charge in [0.2, 0.25) is 0 Å². The van der Waals surface area contributed by atoms with Crippen molar-refractivity contribution in [3.63, 3.8) is 0 Å². The summed E-state index contributed by atoms with van der Waals surface area (Å²) in [5.41, 5.74) is 22.9. The fourth-order valence-corrected chi connectivity index (χ4v) is 3.71. The third-order valence-electron chi connectivity index (χ3n) is 6.00. The summed E-state index contributed by atoms with van der Waals surface area (Å²) in [6.07, 6.45) is 28.9. The maximum absolute atomic E-state index is 8.55. The number of phosphoric acid groups is 2. The molecule has 0 rings (SSSR count). The van der Waals surface area contributed by atoms with E-state index in [1.165, 1.54) is 135 Å². The van der Waals surface area contributed by atoms with E-state index < -0.39 is 15.6 Å². The topological polar surface area (TPSA) is 338 Å². The Kier molecular flexibility index (Phi) is 56.7. The van der Waals surface area contributed by atoms with Gasteiger partial charge in [-0.3, -0.25) is 0 Å². The molecule has 0 spiro atoms. The zero-order chi connectivity index (χ0) is 34.1. The molecule has 0 aromatic carbocycles. The molecule has 0 aliphatic rings. The predicted octanol–water partition coefficient (Wildman–Crippen LogP) is -5.05. The Bertz CT molecular complexity index is 458. The Morgan fingerprint density at radius 2 is 0.326 bits per heavy atom. The number of unbranched alkanes of at least 4 members (excludes halogenated alkanes) is 18. The van der Waals surface area contributed by atoms with Gasteiger partial charge in [-0.25, -0.2) is 0 Å². The summed E-state index contributed by atoms with van der Waals surface area (Å²) < 4.78 is 17.1. The molecule has 18 N–H and O–H groups in total. The Morgan fingerprint density at radius 3 is 0.395 bits per heavy atom. The van der Waals surface area contributed by atoms with Crippen LogP contribution >= 0.6 is 15.6 Å². The van der Waals surface area contributed by atoms with Gasteiger partial charge in [-0.2, -0.15) is 15.6 Å². The van der Waals surface area contributed by atoms with Gasteiger partial charge in [-0.1, -0.05) is 57.8 Å². The molecule has 0 aliphatic heterocycles. The van der Waals surface area contributed by atoms with Crippen molar-refractivity contribution in [1.29, 1.82) is 0 Å². The Hall–Kier alpha value is -0.0200. The highest BCUT2D eigenvalue weighted by Gasteiger charge is 1.92. The van der Waals surface area contributed by atoms with Crippen LogP contribution in [-0.2, 0) is 9.13 Å². The zero-order valence-electron chi connectivity index (χ0n) is 27.5. The first-order chi connectivity index (χ1) is 20.2. The van der Waals surface area contributed by atoms with E-state index in [4.69, 9.17) is 38.5 Å². The molecule has 0 saturated carbocycles. The molecule has 0 aliphatic carbocycles. The predicted molar refractivity (Wildman–Crippen MR) is 159 cm³/mol. The third-order valence-corrected chi connectivity index (χ3v) is 6.00. The second-order valence-corrected chi connectivity index (χ2v) is 12.2. The second-order valence-electron chi connectivity index (χ2n) is 10.4. The molecule has 0 aromatic heterocycles. The number of hydrogen-bond acceptors (Lipinski definition) is 8. The minimum atomic E-state index is -5.39. The number of rotatable bonds is 24. The van der Waals surface area contributed by atoms with Gasteiger partial charge in [0.05, 0.1) is 39.3 Å². The standard InChI is InChI=1S/3C9H22N2.2H3O4P/c3*10-8-6-4-2-1-3-5-7-9-11;2*1-5(2,3)4/h3*1-11H2;2*(H3,1,2,3,4). The zero-order valence-corrected chi connectivity index (χ0v) is 29.3. The molecule has 0 aromatic rings. The molecular formula is C27H72N6O8P2. The first-order valence-electron chi connectivity index (χ1n) is 16.5. The van der Waals surface area contributed by atoms with Gasteiger partial charge < -0.3 is 72.9 Å². The highest BCUT2D eigenvalue weighted by Crippen LogP contribution is 2.07. The fourth-order valence-electron chi connectivity index (χ4n) is 3.71. The van der Waals surface area contributed by atoms with Crippen LogP contribution in [0.1, 0.15) is 135 Å². The summed E-state index contributed by atoms with van der Waals surface area (Å²) in [6, 6.07) is 0. The van der Waals surface area contributed by atoms with Crippen LogP contribution in [0.4, 0.5) is 0 Å². The minimum Gasteiger partial charge on any atom is -0.822 e.